The van der Waals surface area contributed by atoms with Gasteiger partial charge in [0, 0.05) is 18.5 Å². The Balaban J connectivity index is 2.38. The minimum absolute atomic E-state index is 0.206. The standard InChI is InChI=1S/C16H24ClNO2S/c1-2-13-21(19,20)16-9-4-3-8-15(16)18-12-6-5-7-14(18)10-11-17/h3-4,8-9,14H,2,5-7,10-13H2,1H3. The molecule has 1 saturated heterocycles. The lowest BCUT2D eigenvalue weighted by Crippen LogP contribution is -2.40. The summed E-state index contributed by atoms with van der Waals surface area (Å²) in [5.74, 6) is 0.822. The summed E-state index contributed by atoms with van der Waals surface area (Å²) < 4.78 is 25.0. The van der Waals surface area contributed by atoms with Gasteiger partial charge in [-0.05, 0) is 44.2 Å². The van der Waals surface area contributed by atoms with Crippen molar-refractivity contribution < 1.29 is 8.42 Å². The van der Waals surface area contributed by atoms with Crippen LogP contribution in [-0.2, 0) is 9.84 Å². The number of piperidine rings is 1. The molecule has 0 saturated carbocycles. The van der Waals surface area contributed by atoms with Crippen LogP contribution in [0, 0.1) is 0 Å². The Kier molecular flexibility index (Phi) is 5.94. The Bertz CT molecular complexity index is 557. The number of halogens is 1. The van der Waals surface area contributed by atoms with E-state index in [2.05, 4.69) is 4.90 Å². The average Bonchev–Trinajstić information content (AvgIpc) is 2.48. The molecule has 5 heteroatoms. The maximum Gasteiger partial charge on any atom is 0.180 e. The quantitative estimate of drug-likeness (QED) is 0.744. The molecule has 1 aliphatic rings. The van der Waals surface area contributed by atoms with Gasteiger partial charge >= 0.3 is 0 Å². The van der Waals surface area contributed by atoms with Gasteiger partial charge in [0.15, 0.2) is 9.84 Å². The molecule has 0 amide bonds. The largest absolute Gasteiger partial charge is 0.367 e. The number of hydrogen-bond donors (Lipinski definition) is 0. The van der Waals surface area contributed by atoms with Crippen molar-refractivity contribution in [3.63, 3.8) is 0 Å². The van der Waals surface area contributed by atoms with Crippen LogP contribution in [0.25, 0.3) is 0 Å². The smallest absolute Gasteiger partial charge is 0.180 e. The van der Waals surface area contributed by atoms with E-state index in [9.17, 15) is 8.42 Å². The predicted molar refractivity (Wildman–Crippen MR) is 89.1 cm³/mol. The van der Waals surface area contributed by atoms with Crippen molar-refractivity contribution in [1.29, 1.82) is 0 Å². The van der Waals surface area contributed by atoms with Gasteiger partial charge in [-0.3, -0.25) is 0 Å². The highest BCUT2D eigenvalue weighted by molar-refractivity contribution is 7.91. The minimum Gasteiger partial charge on any atom is -0.367 e. The fraction of sp³-hybridized carbons (Fsp3) is 0.625. The number of hydrogen-bond acceptors (Lipinski definition) is 3. The van der Waals surface area contributed by atoms with Gasteiger partial charge in [-0.1, -0.05) is 19.1 Å². The Morgan fingerprint density at radius 2 is 2.05 bits per heavy atom. The van der Waals surface area contributed by atoms with Crippen LogP contribution >= 0.6 is 11.6 Å². The first kappa shape index (κ1) is 16.6. The van der Waals surface area contributed by atoms with Crippen LogP contribution < -0.4 is 4.90 Å². The van der Waals surface area contributed by atoms with Gasteiger partial charge in [0.25, 0.3) is 0 Å². The highest BCUT2D eigenvalue weighted by atomic mass is 35.5. The Hall–Kier alpha value is -0.740. The molecule has 1 aliphatic heterocycles. The van der Waals surface area contributed by atoms with Crippen molar-refractivity contribution in [1.82, 2.24) is 0 Å². The second-order valence-electron chi connectivity index (χ2n) is 5.61. The molecule has 1 atom stereocenters. The van der Waals surface area contributed by atoms with Gasteiger partial charge in [-0.15, -0.1) is 11.6 Å². The highest BCUT2D eigenvalue weighted by Crippen LogP contribution is 2.32. The average molecular weight is 330 g/mol. The van der Waals surface area contributed by atoms with Crippen molar-refractivity contribution in [3.8, 4) is 0 Å². The molecular formula is C16H24ClNO2S. The summed E-state index contributed by atoms with van der Waals surface area (Å²) in [7, 11) is -3.20. The van der Waals surface area contributed by atoms with Gasteiger partial charge in [0.2, 0.25) is 0 Å². The fourth-order valence-electron chi connectivity index (χ4n) is 3.08. The predicted octanol–water partition coefficient (Wildman–Crippen LogP) is 3.86. The van der Waals surface area contributed by atoms with Crippen molar-refractivity contribution in [2.24, 2.45) is 0 Å². The molecule has 1 fully saturated rings. The summed E-state index contributed by atoms with van der Waals surface area (Å²) in [5.41, 5.74) is 0.862. The number of benzene rings is 1. The van der Waals surface area contributed by atoms with E-state index in [-0.39, 0.29) is 5.75 Å². The van der Waals surface area contributed by atoms with Crippen LogP contribution in [0.1, 0.15) is 39.0 Å². The third kappa shape index (κ3) is 3.92. The number of nitrogens with zero attached hydrogens (tertiary/aromatic N) is 1. The lowest BCUT2D eigenvalue weighted by atomic mass is 9.99. The van der Waals surface area contributed by atoms with E-state index in [1.807, 2.05) is 25.1 Å². The third-order valence-electron chi connectivity index (χ3n) is 4.05. The van der Waals surface area contributed by atoms with Crippen LogP contribution in [0.2, 0.25) is 0 Å². The lowest BCUT2D eigenvalue weighted by molar-refractivity contribution is 0.449. The van der Waals surface area contributed by atoms with E-state index in [0.29, 0.717) is 23.2 Å². The molecule has 0 radical (unpaired) electrons. The second-order valence-corrected chi connectivity index (χ2v) is 8.06. The number of para-hydroxylation sites is 1. The van der Waals surface area contributed by atoms with Gasteiger partial charge in [-0.2, -0.15) is 0 Å². The summed E-state index contributed by atoms with van der Waals surface area (Å²) in [4.78, 5) is 2.74. The van der Waals surface area contributed by atoms with Crippen molar-refractivity contribution in [2.75, 3.05) is 23.1 Å². The molecule has 1 unspecified atom stereocenters. The van der Waals surface area contributed by atoms with Crippen molar-refractivity contribution in [3.05, 3.63) is 24.3 Å². The van der Waals surface area contributed by atoms with Crippen LogP contribution in [0.4, 0.5) is 5.69 Å². The number of anilines is 1. The zero-order chi connectivity index (χ0) is 15.3. The topological polar surface area (TPSA) is 37.4 Å². The van der Waals surface area contributed by atoms with E-state index in [1.165, 1.54) is 6.42 Å². The van der Waals surface area contributed by atoms with Crippen LogP contribution in [0.3, 0.4) is 0 Å². The molecule has 1 aromatic rings. The molecule has 0 aromatic heterocycles. The zero-order valence-corrected chi connectivity index (χ0v) is 14.2. The molecule has 0 spiro atoms. The summed E-state index contributed by atoms with van der Waals surface area (Å²) in [6.07, 6.45) is 4.95. The zero-order valence-electron chi connectivity index (χ0n) is 12.6. The number of rotatable bonds is 6. The first-order valence-electron chi connectivity index (χ1n) is 7.74. The molecule has 118 valence electrons. The molecule has 0 aliphatic carbocycles. The fourth-order valence-corrected chi connectivity index (χ4v) is 4.88. The molecule has 2 rings (SSSR count). The molecule has 1 heterocycles. The maximum atomic E-state index is 12.5. The summed E-state index contributed by atoms with van der Waals surface area (Å²) >= 11 is 5.92. The van der Waals surface area contributed by atoms with E-state index < -0.39 is 9.84 Å². The van der Waals surface area contributed by atoms with Gasteiger partial charge in [0.1, 0.15) is 0 Å². The van der Waals surface area contributed by atoms with Crippen molar-refractivity contribution in [2.45, 2.75) is 50.0 Å². The highest BCUT2D eigenvalue weighted by Gasteiger charge is 2.27. The molecule has 1 aromatic carbocycles. The number of sulfone groups is 1. The van der Waals surface area contributed by atoms with Gasteiger partial charge in [-0.25, -0.2) is 8.42 Å². The minimum atomic E-state index is -3.20. The first-order valence-corrected chi connectivity index (χ1v) is 9.93. The van der Waals surface area contributed by atoms with Crippen LogP contribution in [-0.4, -0.2) is 32.6 Å². The molecule has 0 bridgehead atoms. The normalized spacial score (nSPS) is 19.7. The maximum absolute atomic E-state index is 12.5. The van der Waals surface area contributed by atoms with E-state index in [4.69, 9.17) is 11.6 Å². The third-order valence-corrected chi connectivity index (χ3v) is 6.23. The van der Waals surface area contributed by atoms with Gasteiger partial charge in [0.05, 0.1) is 16.3 Å². The van der Waals surface area contributed by atoms with Crippen LogP contribution in [0.15, 0.2) is 29.2 Å². The van der Waals surface area contributed by atoms with Gasteiger partial charge < -0.3 is 4.90 Å². The second kappa shape index (κ2) is 7.50. The summed E-state index contributed by atoms with van der Waals surface area (Å²) in [6.45, 7) is 2.82. The number of alkyl halides is 1. The molecule has 3 nitrogen and oxygen atoms in total. The first-order chi connectivity index (χ1) is 10.1. The summed E-state index contributed by atoms with van der Waals surface area (Å²) in [5, 5.41) is 0. The van der Waals surface area contributed by atoms with E-state index in [0.717, 1.165) is 31.5 Å². The summed E-state index contributed by atoms with van der Waals surface area (Å²) in [6, 6.07) is 7.77. The molecular weight excluding hydrogens is 306 g/mol. The Morgan fingerprint density at radius 3 is 2.76 bits per heavy atom. The monoisotopic (exact) mass is 329 g/mol. The Labute approximate surface area is 133 Å². The van der Waals surface area contributed by atoms with E-state index in [1.54, 1.807) is 6.07 Å². The lowest BCUT2D eigenvalue weighted by Gasteiger charge is -2.38. The van der Waals surface area contributed by atoms with Crippen molar-refractivity contribution >= 4 is 27.1 Å². The van der Waals surface area contributed by atoms with E-state index >= 15 is 0 Å². The molecule has 0 N–H and O–H groups in total. The van der Waals surface area contributed by atoms with Crippen LogP contribution in [0.5, 0.6) is 0 Å². The molecule has 21 heavy (non-hydrogen) atoms. The Morgan fingerprint density at radius 1 is 1.29 bits per heavy atom. The SMILES string of the molecule is CCCS(=O)(=O)c1ccccc1N1CCCCC1CCCl.